The molecule has 0 aliphatic heterocycles. The third-order valence-electron chi connectivity index (χ3n) is 8.31. The highest BCUT2D eigenvalue weighted by Crippen LogP contribution is 2.45. The van der Waals surface area contributed by atoms with Crippen LogP contribution in [0.3, 0.4) is 0 Å². The number of rotatable bonds is 8. The number of furan rings is 1. The summed E-state index contributed by atoms with van der Waals surface area (Å²) in [6, 6.07) is 13.8. The Morgan fingerprint density at radius 2 is 1.87 bits per heavy atom. The maximum atomic E-state index is 16.4. The molecule has 4 N–H and O–H groups in total. The second-order valence-electron chi connectivity index (χ2n) is 11.2. The number of halogens is 2. The van der Waals surface area contributed by atoms with Crippen LogP contribution >= 0.6 is 0 Å². The Hall–Kier alpha value is -5.58. The standard InChI is InChI=1S/C34H27F2N5O4/c1-17-13-26(44-2)22(32(43)41-34(10-11-34)33-39-23-9-12-38-16-24(23)40-33)15-21(17)20-7-8-25-28(30(20)36)29(31(37)42)27(45-25)14-18-3-5-19(35)6-4-18/h3-9,12-13,15-16H,10-11,14H2,1-2H3,(H2,37,42)(H,39,40)(H,41,43). The van der Waals surface area contributed by atoms with E-state index in [-0.39, 0.29) is 39.8 Å². The number of imidazole rings is 1. The van der Waals surface area contributed by atoms with Crippen LogP contribution in [0.4, 0.5) is 8.78 Å². The Balaban J connectivity index is 1.27. The van der Waals surface area contributed by atoms with Crippen molar-refractivity contribution in [3.8, 4) is 16.9 Å². The first-order valence-electron chi connectivity index (χ1n) is 14.3. The predicted molar refractivity (Wildman–Crippen MR) is 163 cm³/mol. The minimum Gasteiger partial charge on any atom is -0.496 e. The van der Waals surface area contributed by atoms with Gasteiger partial charge in [-0.05, 0) is 78.9 Å². The topological polar surface area (TPSA) is 136 Å². The SMILES string of the molecule is COc1cc(C)c(-c2ccc3oc(Cc4ccc(F)cc4)c(C(N)=O)c3c2F)cc1C(=O)NC1(c2nc3ccncc3[nH]2)CC1. The van der Waals surface area contributed by atoms with Gasteiger partial charge in [0.1, 0.15) is 34.6 Å². The molecule has 2 amide bonds. The molecule has 7 rings (SSSR count). The number of primary amides is 1. The molecule has 6 aromatic rings. The van der Waals surface area contributed by atoms with Gasteiger partial charge in [-0.25, -0.2) is 13.8 Å². The second-order valence-corrected chi connectivity index (χ2v) is 11.2. The van der Waals surface area contributed by atoms with Gasteiger partial charge in [-0.3, -0.25) is 14.6 Å². The van der Waals surface area contributed by atoms with E-state index in [9.17, 15) is 14.0 Å². The van der Waals surface area contributed by atoms with Gasteiger partial charge in [-0.1, -0.05) is 12.1 Å². The summed E-state index contributed by atoms with van der Waals surface area (Å²) in [5.74, 6) is -1.26. The molecule has 3 heterocycles. The van der Waals surface area contributed by atoms with Crippen LogP contribution in [-0.2, 0) is 12.0 Å². The van der Waals surface area contributed by atoms with Gasteiger partial charge in [-0.2, -0.15) is 0 Å². The van der Waals surface area contributed by atoms with Gasteiger partial charge < -0.3 is 25.2 Å². The summed E-state index contributed by atoms with van der Waals surface area (Å²) in [4.78, 5) is 38.4. The number of aryl methyl sites for hydroxylation is 1. The van der Waals surface area contributed by atoms with E-state index in [0.29, 0.717) is 41.1 Å². The molecule has 9 nitrogen and oxygen atoms in total. The Kier molecular flexibility index (Phi) is 6.61. The number of amides is 2. The normalized spacial score (nSPS) is 13.7. The average molecular weight is 608 g/mol. The number of pyridine rings is 1. The maximum absolute atomic E-state index is 16.4. The first kappa shape index (κ1) is 28.2. The van der Waals surface area contributed by atoms with Crippen molar-refractivity contribution in [2.24, 2.45) is 5.73 Å². The van der Waals surface area contributed by atoms with E-state index >= 15 is 4.39 Å². The van der Waals surface area contributed by atoms with Gasteiger partial charge >= 0.3 is 0 Å². The van der Waals surface area contributed by atoms with Crippen LogP contribution < -0.4 is 15.8 Å². The number of ether oxygens (including phenoxy) is 1. The van der Waals surface area contributed by atoms with E-state index < -0.39 is 29.0 Å². The summed E-state index contributed by atoms with van der Waals surface area (Å²) < 4.78 is 41.3. The molecule has 3 aromatic carbocycles. The summed E-state index contributed by atoms with van der Waals surface area (Å²) >= 11 is 0. The van der Waals surface area contributed by atoms with Crippen molar-refractivity contribution in [3.63, 3.8) is 0 Å². The summed E-state index contributed by atoms with van der Waals surface area (Å²) in [7, 11) is 1.46. The van der Waals surface area contributed by atoms with Crippen LogP contribution in [0.1, 0.15) is 56.3 Å². The molecule has 1 aliphatic carbocycles. The first-order chi connectivity index (χ1) is 21.7. The van der Waals surface area contributed by atoms with E-state index in [1.165, 1.54) is 25.3 Å². The van der Waals surface area contributed by atoms with Crippen LogP contribution in [0, 0.1) is 18.6 Å². The highest BCUT2D eigenvalue weighted by Gasteiger charge is 2.49. The van der Waals surface area contributed by atoms with Gasteiger partial charge in [0.05, 0.1) is 46.4 Å². The molecule has 3 aromatic heterocycles. The molecular weight excluding hydrogens is 580 g/mol. The lowest BCUT2D eigenvalue weighted by Gasteiger charge is -2.18. The molecule has 0 unspecified atom stereocenters. The van der Waals surface area contributed by atoms with Gasteiger partial charge in [0.25, 0.3) is 11.8 Å². The van der Waals surface area contributed by atoms with E-state index in [1.54, 1.807) is 55.7 Å². The molecule has 1 aliphatic rings. The fourth-order valence-electron chi connectivity index (χ4n) is 5.81. The Morgan fingerprint density at radius 3 is 2.56 bits per heavy atom. The fraction of sp³-hybridized carbons (Fsp3) is 0.176. The number of fused-ring (bicyclic) bond motifs is 2. The molecule has 0 radical (unpaired) electrons. The monoisotopic (exact) mass is 607 g/mol. The lowest BCUT2D eigenvalue weighted by atomic mass is 9.94. The summed E-state index contributed by atoms with van der Waals surface area (Å²) in [5, 5.41) is 3.05. The maximum Gasteiger partial charge on any atom is 0.255 e. The highest BCUT2D eigenvalue weighted by molar-refractivity contribution is 6.08. The third-order valence-corrected chi connectivity index (χ3v) is 8.31. The molecule has 0 saturated heterocycles. The number of aromatic nitrogens is 3. The number of carbonyl (C=O) groups excluding carboxylic acids is 2. The van der Waals surface area contributed by atoms with E-state index in [0.717, 1.165) is 11.0 Å². The van der Waals surface area contributed by atoms with Gasteiger partial charge in [0.2, 0.25) is 0 Å². The molecule has 0 atom stereocenters. The molecule has 1 fully saturated rings. The number of methoxy groups -OCH3 is 1. The van der Waals surface area contributed by atoms with Gasteiger partial charge in [-0.15, -0.1) is 0 Å². The number of hydrogen-bond acceptors (Lipinski definition) is 6. The molecule has 45 heavy (non-hydrogen) atoms. The van der Waals surface area contributed by atoms with Crippen molar-refractivity contribution in [2.75, 3.05) is 7.11 Å². The predicted octanol–water partition coefficient (Wildman–Crippen LogP) is 6.08. The van der Waals surface area contributed by atoms with Crippen molar-refractivity contribution in [1.29, 1.82) is 0 Å². The van der Waals surface area contributed by atoms with Crippen molar-refractivity contribution in [3.05, 3.63) is 112 Å². The number of hydrogen-bond donors (Lipinski definition) is 3. The van der Waals surface area contributed by atoms with Crippen LogP contribution in [0.2, 0.25) is 0 Å². The van der Waals surface area contributed by atoms with Crippen LogP contribution in [0.5, 0.6) is 5.75 Å². The minimum atomic E-state index is -0.857. The Bertz CT molecular complexity index is 2120. The number of nitrogens with one attached hydrogen (secondary N) is 2. The molecule has 11 heteroatoms. The first-order valence-corrected chi connectivity index (χ1v) is 14.3. The zero-order valence-electron chi connectivity index (χ0n) is 24.3. The summed E-state index contributed by atoms with van der Waals surface area (Å²) in [5.41, 5.74) is 8.71. The molecular formula is C34H27F2N5O4. The zero-order chi connectivity index (χ0) is 31.5. The number of carbonyl (C=O) groups is 2. The Labute approximate surface area is 255 Å². The minimum absolute atomic E-state index is 0.0605. The Morgan fingerprint density at radius 1 is 1.09 bits per heavy atom. The smallest absolute Gasteiger partial charge is 0.255 e. The lowest BCUT2D eigenvalue weighted by molar-refractivity contribution is 0.0925. The van der Waals surface area contributed by atoms with Crippen LogP contribution in [0.25, 0.3) is 33.1 Å². The molecule has 0 bridgehead atoms. The largest absolute Gasteiger partial charge is 0.496 e. The summed E-state index contributed by atoms with van der Waals surface area (Å²) in [6.07, 6.45) is 4.82. The zero-order valence-corrected chi connectivity index (χ0v) is 24.3. The fourth-order valence-corrected chi connectivity index (χ4v) is 5.81. The third kappa shape index (κ3) is 4.86. The van der Waals surface area contributed by atoms with Crippen LogP contribution in [-0.4, -0.2) is 33.9 Å². The highest BCUT2D eigenvalue weighted by atomic mass is 19.1. The van der Waals surface area contributed by atoms with Crippen molar-refractivity contribution < 1.29 is 27.5 Å². The van der Waals surface area contributed by atoms with Gasteiger partial charge in [0, 0.05) is 18.2 Å². The average Bonchev–Trinajstić information content (AvgIpc) is 3.49. The number of aromatic amines is 1. The number of nitrogens with two attached hydrogens (primary N) is 1. The van der Waals surface area contributed by atoms with E-state index in [4.69, 9.17) is 14.9 Å². The second kappa shape index (κ2) is 10.5. The lowest BCUT2D eigenvalue weighted by Crippen LogP contribution is -2.36. The van der Waals surface area contributed by atoms with Crippen molar-refractivity contribution in [2.45, 2.75) is 31.7 Å². The molecule has 226 valence electrons. The molecule has 0 spiro atoms. The number of H-pyrrole nitrogens is 1. The number of benzene rings is 3. The van der Waals surface area contributed by atoms with Gasteiger partial charge in [0.15, 0.2) is 0 Å². The molecule has 1 saturated carbocycles. The van der Waals surface area contributed by atoms with E-state index in [1.807, 2.05) is 0 Å². The van der Waals surface area contributed by atoms with Crippen LogP contribution in [0.15, 0.2) is 71.4 Å². The van der Waals surface area contributed by atoms with Crippen molar-refractivity contribution in [1.82, 2.24) is 20.3 Å². The van der Waals surface area contributed by atoms with E-state index in [2.05, 4.69) is 20.3 Å². The number of nitrogens with zero attached hydrogens (tertiary/aromatic N) is 2. The summed E-state index contributed by atoms with van der Waals surface area (Å²) in [6.45, 7) is 1.78. The quantitative estimate of drug-likeness (QED) is 0.192. The van der Waals surface area contributed by atoms with Crippen molar-refractivity contribution >= 4 is 33.8 Å².